The molecular weight excluding hydrogens is 617 g/mol. The predicted molar refractivity (Wildman–Crippen MR) is 161 cm³/mol. The van der Waals surface area contributed by atoms with Crippen LogP contribution in [0.3, 0.4) is 0 Å². The van der Waals surface area contributed by atoms with E-state index in [4.69, 9.17) is 32.7 Å². The number of ether oxygens (including phenoxy) is 2. The van der Waals surface area contributed by atoms with Crippen molar-refractivity contribution in [3.63, 3.8) is 0 Å². The molecule has 1 amide bonds. The Hall–Kier alpha value is -4.11. The number of carbonyl (C=O) groups excluding carboxylic acids is 2. The monoisotopic (exact) mass is 635 g/mol. The summed E-state index contributed by atoms with van der Waals surface area (Å²) >= 11 is 16.1. The highest BCUT2D eigenvalue weighted by Crippen LogP contribution is 2.39. The molecule has 0 atom stereocenters. The van der Waals surface area contributed by atoms with Crippen LogP contribution in [-0.4, -0.2) is 30.2 Å². The van der Waals surface area contributed by atoms with Crippen molar-refractivity contribution < 1.29 is 19.1 Å². The minimum absolute atomic E-state index is 0.226. The molecule has 0 aliphatic heterocycles. The fraction of sp³-hybridized carbons (Fsp3) is 0.0333. The van der Waals surface area contributed by atoms with Crippen LogP contribution < -0.4 is 14.9 Å². The highest BCUT2D eigenvalue weighted by Gasteiger charge is 2.22. The molecular formula is C30H20BrCl2N3O4. The van der Waals surface area contributed by atoms with Crippen molar-refractivity contribution in [1.29, 1.82) is 0 Å². The Balaban J connectivity index is 1.46. The number of hydrogen-bond acceptors (Lipinski definition) is 5. The Morgan fingerprint density at radius 3 is 2.42 bits per heavy atom. The van der Waals surface area contributed by atoms with E-state index >= 15 is 0 Å². The summed E-state index contributed by atoms with van der Waals surface area (Å²) in [6.07, 6.45) is 1.39. The van der Waals surface area contributed by atoms with Gasteiger partial charge in [0.15, 0.2) is 0 Å². The third-order valence-corrected chi connectivity index (χ3v) is 7.18. The van der Waals surface area contributed by atoms with Crippen molar-refractivity contribution >= 4 is 68.1 Å². The van der Waals surface area contributed by atoms with E-state index in [0.717, 1.165) is 9.86 Å². The summed E-state index contributed by atoms with van der Waals surface area (Å²) in [5.41, 5.74) is 5.42. The number of H-pyrrole nitrogens is 1. The van der Waals surface area contributed by atoms with Gasteiger partial charge in [0.2, 0.25) is 0 Å². The summed E-state index contributed by atoms with van der Waals surface area (Å²) in [7, 11) is 1.56. The van der Waals surface area contributed by atoms with Gasteiger partial charge >= 0.3 is 5.97 Å². The first-order valence-corrected chi connectivity index (χ1v) is 13.5. The molecule has 7 nitrogen and oxygen atoms in total. The van der Waals surface area contributed by atoms with Crippen molar-refractivity contribution in [3.8, 4) is 22.6 Å². The number of hydrazone groups is 1. The fourth-order valence-corrected chi connectivity index (χ4v) is 5.01. The zero-order valence-electron chi connectivity index (χ0n) is 20.9. The van der Waals surface area contributed by atoms with Gasteiger partial charge in [0, 0.05) is 31.6 Å². The van der Waals surface area contributed by atoms with E-state index in [1.165, 1.54) is 6.21 Å². The fourth-order valence-electron chi connectivity index (χ4n) is 4.19. The molecule has 1 aromatic heterocycles. The molecule has 0 aliphatic carbocycles. The van der Waals surface area contributed by atoms with Crippen LogP contribution in [0.25, 0.3) is 22.0 Å². The summed E-state index contributed by atoms with van der Waals surface area (Å²) in [5.74, 6) is -0.317. The molecule has 1 heterocycles. The number of fused-ring (bicyclic) bond motifs is 1. The molecule has 10 heteroatoms. The predicted octanol–water partition coefficient (Wildman–Crippen LogP) is 7.90. The first kappa shape index (κ1) is 27.5. The Labute approximate surface area is 247 Å². The standard InChI is InChI=1S/C30H20BrCl2N3O4/c1-39-25-12-6-9-21-26(19-7-2-4-10-22(19)32)28(35-27(21)25)29(37)36-34-16-17-15-18(31)13-14-24(17)40-30(38)20-8-3-5-11-23(20)33/h2-16,35H,1H3,(H,36,37). The van der Waals surface area contributed by atoms with Gasteiger partial charge in [-0.2, -0.15) is 5.10 Å². The van der Waals surface area contributed by atoms with Crippen molar-refractivity contribution in [3.05, 3.63) is 116 Å². The van der Waals surface area contributed by atoms with Crippen LogP contribution >= 0.6 is 39.1 Å². The first-order chi connectivity index (χ1) is 19.4. The quantitative estimate of drug-likeness (QED) is 0.0822. The second kappa shape index (κ2) is 12.0. The number of nitrogens with one attached hydrogen (secondary N) is 2. The minimum Gasteiger partial charge on any atom is -0.495 e. The zero-order valence-corrected chi connectivity index (χ0v) is 24.0. The number of carbonyl (C=O) groups is 2. The number of aromatic amines is 1. The summed E-state index contributed by atoms with van der Waals surface area (Å²) in [6, 6.07) is 24.4. The van der Waals surface area contributed by atoms with E-state index in [2.05, 4.69) is 31.4 Å². The molecule has 200 valence electrons. The largest absolute Gasteiger partial charge is 0.495 e. The maximum atomic E-state index is 13.4. The van der Waals surface area contributed by atoms with Crippen molar-refractivity contribution in [1.82, 2.24) is 10.4 Å². The van der Waals surface area contributed by atoms with E-state index in [-0.39, 0.29) is 22.0 Å². The van der Waals surface area contributed by atoms with Gasteiger partial charge < -0.3 is 14.5 Å². The van der Waals surface area contributed by atoms with Crippen LogP contribution in [0, 0.1) is 0 Å². The Kier molecular flexibility index (Phi) is 8.21. The van der Waals surface area contributed by atoms with Crippen molar-refractivity contribution in [2.24, 2.45) is 5.10 Å². The molecule has 0 fully saturated rings. The van der Waals surface area contributed by atoms with Crippen LogP contribution in [0.5, 0.6) is 11.5 Å². The number of aromatic nitrogens is 1. The van der Waals surface area contributed by atoms with E-state index in [0.29, 0.717) is 33.0 Å². The number of hydrogen-bond donors (Lipinski definition) is 2. The smallest absolute Gasteiger partial charge is 0.345 e. The Morgan fingerprint density at radius 1 is 0.925 bits per heavy atom. The molecule has 0 unspecified atom stereocenters. The summed E-state index contributed by atoms with van der Waals surface area (Å²) in [5, 5.41) is 5.67. The Morgan fingerprint density at radius 2 is 1.68 bits per heavy atom. The van der Waals surface area contributed by atoms with E-state index < -0.39 is 11.9 Å². The molecule has 0 saturated carbocycles. The van der Waals surface area contributed by atoms with Gasteiger partial charge in [-0.25, -0.2) is 10.2 Å². The third-order valence-electron chi connectivity index (χ3n) is 6.02. The number of para-hydroxylation sites is 1. The van der Waals surface area contributed by atoms with E-state index in [1.54, 1.807) is 61.7 Å². The third kappa shape index (κ3) is 5.60. The number of amides is 1. The molecule has 4 aromatic carbocycles. The molecule has 5 aromatic rings. The summed E-state index contributed by atoms with van der Waals surface area (Å²) in [4.78, 5) is 29.3. The van der Waals surface area contributed by atoms with Crippen LogP contribution in [0.4, 0.5) is 0 Å². The number of halogens is 3. The van der Waals surface area contributed by atoms with Crippen molar-refractivity contribution in [2.75, 3.05) is 7.11 Å². The summed E-state index contributed by atoms with van der Waals surface area (Å²) < 4.78 is 11.8. The lowest BCUT2D eigenvalue weighted by Gasteiger charge is -2.09. The van der Waals surface area contributed by atoms with Crippen LogP contribution in [-0.2, 0) is 0 Å². The highest BCUT2D eigenvalue weighted by molar-refractivity contribution is 9.10. The molecule has 0 radical (unpaired) electrons. The first-order valence-electron chi connectivity index (χ1n) is 11.9. The molecule has 40 heavy (non-hydrogen) atoms. The van der Waals surface area contributed by atoms with Crippen LogP contribution in [0.2, 0.25) is 10.0 Å². The second-order valence-corrected chi connectivity index (χ2v) is 10.2. The summed E-state index contributed by atoms with van der Waals surface area (Å²) in [6.45, 7) is 0. The number of esters is 1. The topological polar surface area (TPSA) is 92.8 Å². The highest BCUT2D eigenvalue weighted by atomic mass is 79.9. The second-order valence-electron chi connectivity index (χ2n) is 8.49. The minimum atomic E-state index is -0.622. The lowest BCUT2D eigenvalue weighted by Crippen LogP contribution is -2.19. The van der Waals surface area contributed by atoms with Gasteiger partial charge in [0.1, 0.15) is 17.2 Å². The average molecular weight is 637 g/mol. The van der Waals surface area contributed by atoms with Gasteiger partial charge in [-0.1, -0.05) is 81.6 Å². The lowest BCUT2D eigenvalue weighted by atomic mass is 10.0. The maximum absolute atomic E-state index is 13.4. The number of nitrogens with zero attached hydrogens (tertiary/aromatic N) is 1. The number of methoxy groups -OCH3 is 1. The van der Waals surface area contributed by atoms with E-state index in [1.807, 2.05) is 30.3 Å². The molecule has 0 saturated heterocycles. The normalized spacial score (nSPS) is 11.1. The van der Waals surface area contributed by atoms with E-state index in [9.17, 15) is 9.59 Å². The van der Waals surface area contributed by atoms with Gasteiger partial charge in [-0.05, 0) is 42.5 Å². The maximum Gasteiger partial charge on any atom is 0.345 e. The van der Waals surface area contributed by atoms with Crippen molar-refractivity contribution in [2.45, 2.75) is 0 Å². The number of benzene rings is 4. The molecule has 0 bridgehead atoms. The van der Waals surface area contributed by atoms with Crippen LogP contribution in [0.15, 0.2) is 94.5 Å². The van der Waals surface area contributed by atoms with Gasteiger partial charge in [-0.3, -0.25) is 4.79 Å². The SMILES string of the molecule is COc1cccc2c(-c3ccccc3Cl)c(C(=O)NN=Cc3cc(Br)ccc3OC(=O)c3ccccc3Cl)[nH]c12. The Bertz CT molecular complexity index is 1780. The van der Waals surface area contributed by atoms with Crippen LogP contribution in [0.1, 0.15) is 26.4 Å². The van der Waals surface area contributed by atoms with Gasteiger partial charge in [-0.15, -0.1) is 0 Å². The molecule has 0 aliphatic rings. The molecule has 2 N–H and O–H groups in total. The lowest BCUT2D eigenvalue weighted by molar-refractivity contribution is 0.0734. The zero-order chi connectivity index (χ0) is 28.2. The average Bonchev–Trinajstić information content (AvgIpc) is 3.34. The molecule has 5 rings (SSSR count). The van der Waals surface area contributed by atoms with Gasteiger partial charge in [0.05, 0.1) is 29.4 Å². The van der Waals surface area contributed by atoms with Gasteiger partial charge in [0.25, 0.3) is 5.91 Å². The molecule has 0 spiro atoms. The number of rotatable bonds is 7.